The fourth-order valence-corrected chi connectivity index (χ4v) is 0. The van der Waals surface area contributed by atoms with Gasteiger partial charge in [-0.3, -0.25) is 0 Å². The molecule has 0 aliphatic carbocycles. The molecule has 0 heterocycles. The van der Waals surface area contributed by atoms with Gasteiger partial charge in [-0.25, -0.2) is 6.10 Å². The van der Waals surface area contributed by atoms with E-state index < -0.39 is 0 Å². The average molecular weight is 148 g/mol. The summed E-state index contributed by atoms with van der Waals surface area (Å²) in [6, 6.07) is 0. The number of aliphatic hydroxyl groups is 1. The molecule has 0 bridgehead atoms. The minimum Gasteiger partial charge on any atom is -1.00 e. The average Bonchev–Trinajstić information content (AvgIpc) is 0.811. The second-order valence-electron chi connectivity index (χ2n) is 0.947. The maximum atomic E-state index is 7.97. The Balaban J connectivity index is -0.0000000450. The molecule has 0 radical (unpaired) electrons. The number of rotatable bonds is 0. The van der Waals surface area contributed by atoms with Gasteiger partial charge in [0.15, 0.2) is 0 Å². The maximum Gasteiger partial charge on any atom is 2.00 e. The van der Waals surface area contributed by atoms with Crippen molar-refractivity contribution in [2.75, 3.05) is 0 Å². The second kappa shape index (κ2) is 5.44. The fraction of sp³-hybridized carbons (Fsp3) is 0.667. The summed E-state index contributed by atoms with van der Waals surface area (Å²) < 4.78 is 0. The summed E-state index contributed by atoms with van der Waals surface area (Å²) in [5, 5.41) is 7.97. The van der Waals surface area contributed by atoms with Gasteiger partial charge in [-0.2, -0.15) is 13.8 Å². The minimum absolute atomic E-state index is 0. The third-order valence-corrected chi connectivity index (χ3v) is 0. The van der Waals surface area contributed by atoms with Crippen LogP contribution in [0.2, 0.25) is 0 Å². The van der Waals surface area contributed by atoms with E-state index in [1.54, 1.807) is 13.8 Å². The van der Waals surface area contributed by atoms with Gasteiger partial charge in [0.05, 0.1) is 0 Å². The molecule has 28 valence electrons. The van der Waals surface area contributed by atoms with Crippen LogP contribution in [0, 0.1) is 6.10 Å². The first-order chi connectivity index (χ1) is 1.73. The van der Waals surface area contributed by atoms with E-state index in [-0.39, 0.29) is 46.9 Å². The number of hydrogen-bond acceptors (Lipinski definition) is 1. The molecule has 0 aromatic rings. The van der Waals surface area contributed by atoms with Gasteiger partial charge >= 0.3 is 45.5 Å². The molecule has 0 fully saturated rings. The summed E-state index contributed by atoms with van der Waals surface area (Å²) in [5.74, 6) is 0. The molecule has 0 spiro atoms. The van der Waals surface area contributed by atoms with E-state index in [1.807, 2.05) is 0 Å². The Hall–Kier alpha value is 1.44. The van der Waals surface area contributed by atoms with E-state index in [0.717, 1.165) is 0 Å². The van der Waals surface area contributed by atoms with Gasteiger partial charge in [-0.1, -0.05) is 0 Å². The van der Waals surface area contributed by atoms with E-state index in [1.165, 1.54) is 0 Å². The Morgan fingerprint density at radius 2 is 1.60 bits per heavy atom. The maximum absolute atomic E-state index is 7.97. The van der Waals surface area contributed by atoms with E-state index >= 15 is 0 Å². The van der Waals surface area contributed by atoms with Crippen molar-refractivity contribution >= 4 is 45.5 Å². The molecule has 1 nitrogen and oxygen atoms in total. The zero-order chi connectivity index (χ0) is 3.58. The Kier molecular flexibility index (Phi) is 10.5. The van der Waals surface area contributed by atoms with Crippen molar-refractivity contribution in [1.82, 2.24) is 0 Å². The third-order valence-electron chi connectivity index (χ3n) is 0. The summed E-state index contributed by atoms with van der Waals surface area (Å²) in [6.07, 6.45) is 0.417. The van der Waals surface area contributed by atoms with Crippen LogP contribution in [0.25, 0.3) is 0 Å². The van der Waals surface area contributed by atoms with Crippen LogP contribution in [0.3, 0.4) is 0 Å². The van der Waals surface area contributed by atoms with Crippen LogP contribution >= 0.6 is 0 Å². The standard InChI is InChI=1S/C3H7O.Sr.H/c1-3(2)4;;/h4H,1-2H3;;/q-1;+2;-1. The Morgan fingerprint density at radius 1 is 1.60 bits per heavy atom. The van der Waals surface area contributed by atoms with Crippen LogP contribution in [0.1, 0.15) is 15.3 Å². The minimum atomic E-state index is 0. The molecule has 0 aromatic heterocycles. The second-order valence-corrected chi connectivity index (χ2v) is 0.947. The Morgan fingerprint density at radius 3 is 1.60 bits per heavy atom. The molecule has 0 rings (SSSR count). The molecule has 0 atom stereocenters. The third kappa shape index (κ3) is 31.0. The first-order valence-electron chi connectivity index (χ1n) is 1.22. The molecule has 0 aliphatic rings. The van der Waals surface area contributed by atoms with E-state index in [9.17, 15) is 0 Å². The first-order valence-corrected chi connectivity index (χ1v) is 1.22. The smallest absolute Gasteiger partial charge is 1.00 e. The summed E-state index contributed by atoms with van der Waals surface area (Å²) >= 11 is 0. The zero-order valence-corrected chi connectivity index (χ0v) is 7.13. The van der Waals surface area contributed by atoms with Crippen molar-refractivity contribution < 1.29 is 6.53 Å². The number of aliphatic hydroxyl groups excluding tert-OH is 1. The summed E-state index contributed by atoms with van der Waals surface area (Å²) in [4.78, 5) is 0. The predicted octanol–water partition coefficient (Wildman–Crippen LogP) is 0.662. The number of hydrogen-bond donors (Lipinski definition) is 1. The molecular formula is C3H8OSr. The predicted molar refractivity (Wildman–Crippen MR) is 23.4 cm³/mol. The van der Waals surface area contributed by atoms with E-state index in [2.05, 4.69) is 0 Å². The summed E-state index contributed by atoms with van der Waals surface area (Å²) in [5.41, 5.74) is 0. The molecule has 0 aliphatic heterocycles. The zero-order valence-electron chi connectivity index (χ0n) is 4.65. The molecule has 0 aromatic carbocycles. The van der Waals surface area contributed by atoms with Crippen LogP contribution in [-0.4, -0.2) is 50.6 Å². The van der Waals surface area contributed by atoms with E-state index in [4.69, 9.17) is 5.11 Å². The first kappa shape index (κ1) is 9.67. The fourth-order valence-electron chi connectivity index (χ4n) is 0. The van der Waals surface area contributed by atoms with Crippen LogP contribution in [0.15, 0.2) is 0 Å². The van der Waals surface area contributed by atoms with Gasteiger partial charge in [0.25, 0.3) is 0 Å². The quantitative estimate of drug-likeness (QED) is 0.395. The monoisotopic (exact) mass is 148 g/mol. The van der Waals surface area contributed by atoms with Gasteiger partial charge in [0, 0.05) is 0 Å². The molecular weight excluding hydrogens is 140 g/mol. The van der Waals surface area contributed by atoms with Crippen LogP contribution < -0.4 is 0 Å². The Bertz CT molecular complexity index is 15.5. The molecule has 0 unspecified atom stereocenters. The largest absolute Gasteiger partial charge is 2.00 e. The van der Waals surface area contributed by atoms with Crippen LogP contribution in [-0.2, 0) is 0 Å². The molecule has 5 heavy (non-hydrogen) atoms. The van der Waals surface area contributed by atoms with E-state index in [0.29, 0.717) is 6.10 Å². The van der Waals surface area contributed by atoms with Crippen molar-refractivity contribution in [2.24, 2.45) is 0 Å². The SMILES string of the molecule is C[C-](C)O.[H-].[Sr+2]. The van der Waals surface area contributed by atoms with Gasteiger partial charge in [-0.15, -0.1) is 0 Å². The summed E-state index contributed by atoms with van der Waals surface area (Å²) in [6.45, 7) is 3.28. The topological polar surface area (TPSA) is 20.2 Å². The molecule has 0 saturated carbocycles. The van der Waals surface area contributed by atoms with Crippen LogP contribution in [0.4, 0.5) is 0 Å². The molecule has 1 N–H and O–H groups in total. The molecule has 0 saturated heterocycles. The Labute approximate surface area is 71.1 Å². The van der Waals surface area contributed by atoms with Crippen molar-refractivity contribution in [3.05, 3.63) is 6.10 Å². The van der Waals surface area contributed by atoms with Crippen molar-refractivity contribution in [2.45, 2.75) is 13.8 Å². The summed E-state index contributed by atoms with van der Waals surface area (Å²) in [7, 11) is 0. The van der Waals surface area contributed by atoms with Gasteiger partial charge in [0.2, 0.25) is 0 Å². The van der Waals surface area contributed by atoms with Crippen molar-refractivity contribution in [3.63, 3.8) is 0 Å². The van der Waals surface area contributed by atoms with Gasteiger partial charge < -0.3 is 6.53 Å². The van der Waals surface area contributed by atoms with Crippen molar-refractivity contribution in [3.8, 4) is 0 Å². The molecule has 2 heteroatoms. The molecule has 0 amide bonds. The van der Waals surface area contributed by atoms with Gasteiger partial charge in [-0.05, 0) is 0 Å². The van der Waals surface area contributed by atoms with Crippen LogP contribution in [0.5, 0.6) is 0 Å². The van der Waals surface area contributed by atoms with Gasteiger partial charge in [0.1, 0.15) is 0 Å². The normalized spacial score (nSPS) is 7.20. The van der Waals surface area contributed by atoms with Crippen molar-refractivity contribution in [1.29, 1.82) is 0 Å².